The highest BCUT2D eigenvalue weighted by molar-refractivity contribution is 9.10. The summed E-state index contributed by atoms with van der Waals surface area (Å²) < 4.78 is 25.6. The van der Waals surface area contributed by atoms with E-state index in [4.69, 9.17) is 0 Å². The summed E-state index contributed by atoms with van der Waals surface area (Å²) in [6, 6.07) is 6.63. The van der Waals surface area contributed by atoms with Gasteiger partial charge < -0.3 is 5.11 Å². The third-order valence-corrected chi connectivity index (χ3v) is 2.68. The third kappa shape index (κ3) is 3.83. The number of benzene rings is 1. The van der Waals surface area contributed by atoms with Crippen molar-refractivity contribution < 1.29 is 13.9 Å². The Morgan fingerprint density at radius 2 is 1.75 bits per heavy atom. The van der Waals surface area contributed by atoms with Gasteiger partial charge in [-0.25, -0.2) is 0 Å². The lowest BCUT2D eigenvalue weighted by Gasteiger charge is -2.17. The molecule has 1 atom stereocenters. The molecule has 0 fully saturated rings. The van der Waals surface area contributed by atoms with Crippen LogP contribution >= 0.6 is 15.9 Å². The molecule has 4 heteroatoms. The molecular weight excluding hydrogens is 278 g/mol. The van der Waals surface area contributed by atoms with E-state index in [1.807, 2.05) is 0 Å². The van der Waals surface area contributed by atoms with Crippen LogP contribution in [-0.2, 0) is 6.42 Å². The molecule has 0 aliphatic heterocycles. The van der Waals surface area contributed by atoms with Gasteiger partial charge in [-0.05, 0) is 39.4 Å². The number of halogens is 3. The Kier molecular flexibility index (Phi) is 4.44. The van der Waals surface area contributed by atoms with E-state index in [2.05, 4.69) is 29.8 Å². The standard InChI is InChI=1S/C12H15BrF2O/c1-8(2)7-9-3-5-10(6-4-9)11(16)12(13,14)15/h3-6,8,11,16H,7H2,1-2H3. The molecule has 1 aromatic carbocycles. The van der Waals surface area contributed by atoms with Gasteiger partial charge in [0.2, 0.25) is 0 Å². The summed E-state index contributed by atoms with van der Waals surface area (Å²) >= 11 is 2.16. The first-order chi connectivity index (χ1) is 7.30. The SMILES string of the molecule is CC(C)Cc1ccc(C(O)C(F)(F)Br)cc1. The zero-order valence-corrected chi connectivity index (χ0v) is 10.8. The third-order valence-electron chi connectivity index (χ3n) is 2.25. The van der Waals surface area contributed by atoms with Gasteiger partial charge in [0.15, 0.2) is 6.10 Å². The zero-order chi connectivity index (χ0) is 12.3. The van der Waals surface area contributed by atoms with Crippen LogP contribution in [0.25, 0.3) is 0 Å². The summed E-state index contributed by atoms with van der Waals surface area (Å²) in [4.78, 5) is -3.29. The molecule has 0 heterocycles. The lowest BCUT2D eigenvalue weighted by atomic mass is 10.0. The molecule has 0 aromatic heterocycles. The Morgan fingerprint density at radius 1 is 1.25 bits per heavy atom. The van der Waals surface area contributed by atoms with Crippen molar-refractivity contribution in [3.63, 3.8) is 0 Å². The van der Waals surface area contributed by atoms with Crippen molar-refractivity contribution >= 4 is 15.9 Å². The maximum absolute atomic E-state index is 12.8. The number of aliphatic hydroxyl groups is 1. The molecular formula is C12H15BrF2O. The molecule has 1 N–H and O–H groups in total. The summed E-state index contributed by atoms with van der Waals surface area (Å²) in [6.45, 7) is 4.19. The Bertz CT molecular complexity index is 330. The normalized spacial score (nSPS) is 14.2. The molecule has 1 unspecified atom stereocenters. The quantitative estimate of drug-likeness (QED) is 0.835. The molecule has 0 saturated carbocycles. The molecule has 0 amide bonds. The summed E-state index contributed by atoms with van der Waals surface area (Å²) in [5.41, 5.74) is 1.30. The van der Waals surface area contributed by atoms with Crippen LogP contribution in [0.1, 0.15) is 31.1 Å². The number of aliphatic hydroxyl groups excluding tert-OH is 1. The summed E-state index contributed by atoms with van der Waals surface area (Å²) in [5.74, 6) is 0.522. The van der Waals surface area contributed by atoms with Gasteiger partial charge in [-0.2, -0.15) is 8.78 Å². The van der Waals surface area contributed by atoms with Gasteiger partial charge in [0.1, 0.15) is 0 Å². The van der Waals surface area contributed by atoms with Crippen molar-refractivity contribution in [2.75, 3.05) is 0 Å². The number of rotatable bonds is 4. The van der Waals surface area contributed by atoms with Gasteiger partial charge >= 0.3 is 4.83 Å². The lowest BCUT2D eigenvalue weighted by Crippen LogP contribution is -2.18. The summed E-state index contributed by atoms with van der Waals surface area (Å²) in [7, 11) is 0. The number of hydrogen-bond donors (Lipinski definition) is 1. The van der Waals surface area contributed by atoms with E-state index in [1.165, 1.54) is 12.1 Å². The fourth-order valence-corrected chi connectivity index (χ4v) is 1.76. The van der Waals surface area contributed by atoms with E-state index < -0.39 is 10.9 Å². The topological polar surface area (TPSA) is 20.2 Å². The van der Waals surface area contributed by atoms with Crippen molar-refractivity contribution in [3.05, 3.63) is 35.4 Å². The van der Waals surface area contributed by atoms with Gasteiger partial charge in [-0.15, -0.1) is 0 Å². The van der Waals surface area contributed by atoms with Crippen LogP contribution in [0.15, 0.2) is 24.3 Å². The minimum atomic E-state index is -3.29. The van der Waals surface area contributed by atoms with Crippen molar-refractivity contribution in [3.8, 4) is 0 Å². The van der Waals surface area contributed by atoms with E-state index in [1.54, 1.807) is 12.1 Å². The zero-order valence-electron chi connectivity index (χ0n) is 9.25. The lowest BCUT2D eigenvalue weighted by molar-refractivity contribution is -0.0294. The molecule has 0 aliphatic rings. The minimum absolute atomic E-state index is 0.217. The smallest absolute Gasteiger partial charge is 0.330 e. The van der Waals surface area contributed by atoms with E-state index in [0.29, 0.717) is 5.92 Å². The Hall–Kier alpha value is -0.480. The summed E-state index contributed by atoms with van der Waals surface area (Å²) in [6.07, 6.45) is -0.901. The average Bonchev–Trinajstić information content (AvgIpc) is 2.15. The molecule has 1 rings (SSSR count). The van der Waals surface area contributed by atoms with Crippen LogP contribution in [0.4, 0.5) is 8.78 Å². The maximum atomic E-state index is 12.8. The van der Waals surface area contributed by atoms with Crippen molar-refractivity contribution in [2.24, 2.45) is 5.92 Å². The van der Waals surface area contributed by atoms with Gasteiger partial charge in [0.05, 0.1) is 0 Å². The highest BCUT2D eigenvalue weighted by Gasteiger charge is 2.35. The van der Waals surface area contributed by atoms with Crippen LogP contribution in [0.2, 0.25) is 0 Å². The van der Waals surface area contributed by atoms with Crippen molar-refractivity contribution in [1.82, 2.24) is 0 Å². The van der Waals surface area contributed by atoms with E-state index in [-0.39, 0.29) is 5.56 Å². The molecule has 90 valence electrons. The highest BCUT2D eigenvalue weighted by Crippen LogP contribution is 2.36. The molecule has 0 aliphatic carbocycles. The fraction of sp³-hybridized carbons (Fsp3) is 0.500. The monoisotopic (exact) mass is 292 g/mol. The molecule has 1 nitrogen and oxygen atoms in total. The number of alkyl halides is 3. The molecule has 0 spiro atoms. The molecule has 0 bridgehead atoms. The van der Waals surface area contributed by atoms with E-state index >= 15 is 0 Å². The van der Waals surface area contributed by atoms with Gasteiger partial charge in [-0.1, -0.05) is 38.1 Å². The second kappa shape index (κ2) is 5.23. The van der Waals surface area contributed by atoms with Crippen LogP contribution in [-0.4, -0.2) is 9.94 Å². The highest BCUT2D eigenvalue weighted by atomic mass is 79.9. The summed E-state index contributed by atoms with van der Waals surface area (Å²) in [5, 5.41) is 9.33. The second-order valence-corrected chi connectivity index (χ2v) is 5.34. The maximum Gasteiger partial charge on any atom is 0.330 e. The Balaban J connectivity index is 2.79. The predicted octanol–water partition coefficient (Wildman–Crippen LogP) is 3.91. The van der Waals surface area contributed by atoms with Crippen LogP contribution in [0.3, 0.4) is 0 Å². The molecule has 0 radical (unpaired) electrons. The molecule has 1 aromatic rings. The fourth-order valence-electron chi connectivity index (χ4n) is 1.50. The van der Waals surface area contributed by atoms with Gasteiger partial charge in [-0.3, -0.25) is 0 Å². The second-order valence-electron chi connectivity index (χ2n) is 4.28. The molecule has 16 heavy (non-hydrogen) atoms. The van der Waals surface area contributed by atoms with E-state index in [9.17, 15) is 13.9 Å². The van der Waals surface area contributed by atoms with Crippen molar-refractivity contribution in [2.45, 2.75) is 31.2 Å². The van der Waals surface area contributed by atoms with Crippen LogP contribution in [0, 0.1) is 5.92 Å². The first kappa shape index (κ1) is 13.6. The van der Waals surface area contributed by atoms with Gasteiger partial charge in [0, 0.05) is 0 Å². The Morgan fingerprint density at radius 3 is 2.12 bits per heavy atom. The largest absolute Gasteiger partial charge is 0.381 e. The minimum Gasteiger partial charge on any atom is -0.381 e. The van der Waals surface area contributed by atoms with Gasteiger partial charge in [0.25, 0.3) is 0 Å². The van der Waals surface area contributed by atoms with E-state index in [0.717, 1.165) is 12.0 Å². The van der Waals surface area contributed by atoms with Crippen LogP contribution < -0.4 is 0 Å². The van der Waals surface area contributed by atoms with Crippen molar-refractivity contribution in [1.29, 1.82) is 0 Å². The number of hydrogen-bond acceptors (Lipinski definition) is 1. The average molecular weight is 293 g/mol. The Labute approximate surface area is 103 Å². The first-order valence-electron chi connectivity index (χ1n) is 5.14. The van der Waals surface area contributed by atoms with Crippen LogP contribution in [0.5, 0.6) is 0 Å². The molecule has 0 saturated heterocycles. The predicted molar refractivity (Wildman–Crippen MR) is 63.8 cm³/mol. The first-order valence-corrected chi connectivity index (χ1v) is 5.93.